The normalized spacial score (nSPS) is 13.8. The molecule has 2 amide bonds. The highest BCUT2D eigenvalue weighted by molar-refractivity contribution is 7.92. The summed E-state index contributed by atoms with van der Waals surface area (Å²) >= 11 is 12.6. The van der Waals surface area contributed by atoms with Gasteiger partial charge in [0.05, 0.1) is 34.8 Å². The van der Waals surface area contributed by atoms with Crippen LogP contribution >= 0.6 is 23.2 Å². The van der Waals surface area contributed by atoms with Crippen LogP contribution in [0.25, 0.3) is 0 Å². The van der Waals surface area contributed by atoms with Gasteiger partial charge in [0.15, 0.2) is 0 Å². The number of nitrogens with one attached hydrogen (secondary N) is 1. The summed E-state index contributed by atoms with van der Waals surface area (Å²) in [5.74, 6) is -0.353. The number of rotatable bonds is 14. The third-order valence-corrected chi connectivity index (χ3v) is 11.4. The number of anilines is 1. The van der Waals surface area contributed by atoms with E-state index in [-0.39, 0.29) is 46.3 Å². The van der Waals surface area contributed by atoms with E-state index < -0.39 is 28.5 Å². The summed E-state index contributed by atoms with van der Waals surface area (Å²) in [6.07, 6.45) is 3.91. The maximum Gasteiger partial charge on any atom is 0.264 e. The Morgan fingerprint density at radius 1 is 0.860 bits per heavy atom. The highest BCUT2D eigenvalue weighted by Gasteiger charge is 2.36. The Morgan fingerprint density at radius 2 is 1.56 bits per heavy atom. The molecule has 1 N–H and O–H groups in total. The molecule has 9 nitrogen and oxygen atoms in total. The Morgan fingerprint density at radius 3 is 2.20 bits per heavy atom. The Kier molecular flexibility index (Phi) is 12.3. The van der Waals surface area contributed by atoms with Crippen LogP contribution in [0.5, 0.6) is 11.5 Å². The topological polar surface area (TPSA) is 105 Å². The monoisotopic (exact) mass is 737 g/mol. The van der Waals surface area contributed by atoms with Crippen molar-refractivity contribution in [2.75, 3.05) is 25.1 Å². The highest BCUT2D eigenvalue weighted by Crippen LogP contribution is 2.36. The van der Waals surface area contributed by atoms with Gasteiger partial charge in [0.25, 0.3) is 10.0 Å². The van der Waals surface area contributed by atoms with Gasteiger partial charge in [-0.25, -0.2) is 8.42 Å². The molecule has 4 aromatic carbocycles. The minimum atomic E-state index is -4.35. The summed E-state index contributed by atoms with van der Waals surface area (Å²) in [7, 11) is -1.47. The number of halogens is 2. The van der Waals surface area contributed by atoms with Crippen LogP contribution in [0.3, 0.4) is 0 Å². The van der Waals surface area contributed by atoms with Crippen LogP contribution in [-0.4, -0.2) is 58.0 Å². The number of carbonyl (C=O) groups excluding carboxylic acids is 2. The molecule has 264 valence electrons. The highest BCUT2D eigenvalue weighted by atomic mass is 35.5. The third kappa shape index (κ3) is 8.91. The molecule has 1 saturated carbocycles. The molecule has 0 saturated heterocycles. The molecule has 1 fully saturated rings. The average molecular weight is 739 g/mol. The second-order valence-electron chi connectivity index (χ2n) is 12.3. The first-order valence-electron chi connectivity index (χ1n) is 16.4. The van der Waals surface area contributed by atoms with Gasteiger partial charge in [-0.05, 0) is 67.3 Å². The first-order valence-corrected chi connectivity index (χ1v) is 18.6. The lowest BCUT2D eigenvalue weighted by molar-refractivity contribution is -0.140. The first kappa shape index (κ1) is 37.0. The smallest absolute Gasteiger partial charge is 0.264 e. The van der Waals surface area contributed by atoms with Crippen molar-refractivity contribution < 1.29 is 27.5 Å². The van der Waals surface area contributed by atoms with Crippen molar-refractivity contribution in [3.05, 3.63) is 118 Å². The second kappa shape index (κ2) is 16.6. The molecule has 1 atom stereocenters. The molecular weight excluding hydrogens is 697 g/mol. The molecule has 0 spiro atoms. The lowest BCUT2D eigenvalue weighted by Crippen LogP contribution is -2.54. The van der Waals surface area contributed by atoms with Crippen LogP contribution in [0, 0.1) is 6.92 Å². The van der Waals surface area contributed by atoms with E-state index in [1.807, 2.05) is 37.3 Å². The molecule has 0 bridgehead atoms. The number of hydrogen-bond donors (Lipinski definition) is 1. The van der Waals surface area contributed by atoms with Crippen molar-refractivity contribution in [2.24, 2.45) is 0 Å². The fourth-order valence-corrected chi connectivity index (χ4v) is 7.84. The Bertz CT molecular complexity index is 1900. The second-order valence-corrected chi connectivity index (χ2v) is 15.0. The van der Waals surface area contributed by atoms with E-state index in [1.165, 1.54) is 37.3 Å². The molecule has 0 heterocycles. The van der Waals surface area contributed by atoms with Gasteiger partial charge in [-0.3, -0.25) is 13.9 Å². The van der Waals surface area contributed by atoms with Crippen molar-refractivity contribution in [3.63, 3.8) is 0 Å². The van der Waals surface area contributed by atoms with Gasteiger partial charge in [-0.15, -0.1) is 0 Å². The molecule has 0 radical (unpaired) electrons. The van der Waals surface area contributed by atoms with E-state index in [0.717, 1.165) is 41.1 Å². The molecular formula is C38H41Cl2N3O6S. The van der Waals surface area contributed by atoms with Crippen molar-refractivity contribution in [1.82, 2.24) is 10.2 Å². The maximum atomic E-state index is 14.9. The summed E-state index contributed by atoms with van der Waals surface area (Å²) in [5, 5.41) is 3.80. The van der Waals surface area contributed by atoms with Crippen molar-refractivity contribution in [2.45, 2.75) is 62.6 Å². The van der Waals surface area contributed by atoms with Crippen molar-refractivity contribution in [3.8, 4) is 11.5 Å². The van der Waals surface area contributed by atoms with Crippen molar-refractivity contribution >= 4 is 50.7 Å². The zero-order valence-corrected chi connectivity index (χ0v) is 30.6. The zero-order valence-electron chi connectivity index (χ0n) is 28.3. The Labute approximate surface area is 304 Å². The summed E-state index contributed by atoms with van der Waals surface area (Å²) < 4.78 is 41.0. The molecule has 5 rings (SSSR count). The maximum absolute atomic E-state index is 14.9. The first-order chi connectivity index (χ1) is 24.0. The SMILES string of the molecule is COc1ccc(OC)c(N(CC(=O)N(Cc2ccc(Cl)c(Cl)c2)[C@H](Cc2ccccc2)C(=O)NC2CCCC2)S(=O)(=O)c2ccc(C)cc2)c1. The number of methoxy groups -OCH3 is 2. The van der Waals surface area contributed by atoms with Gasteiger partial charge in [0, 0.05) is 25.1 Å². The summed E-state index contributed by atoms with van der Waals surface area (Å²) in [6, 6.07) is 24.5. The van der Waals surface area contributed by atoms with E-state index in [1.54, 1.807) is 42.5 Å². The van der Waals surface area contributed by atoms with E-state index in [2.05, 4.69) is 5.32 Å². The number of ether oxygens (including phenoxy) is 2. The van der Waals surface area contributed by atoms with Gasteiger partial charge in [-0.2, -0.15) is 0 Å². The Hall–Kier alpha value is -4.25. The van der Waals surface area contributed by atoms with Gasteiger partial charge in [0.2, 0.25) is 11.8 Å². The molecule has 0 unspecified atom stereocenters. The number of aryl methyl sites for hydroxylation is 1. The van der Waals surface area contributed by atoms with E-state index >= 15 is 0 Å². The van der Waals surface area contributed by atoms with E-state index in [9.17, 15) is 18.0 Å². The van der Waals surface area contributed by atoms with Crippen LogP contribution in [0.1, 0.15) is 42.4 Å². The predicted octanol–water partition coefficient (Wildman–Crippen LogP) is 7.21. The van der Waals surface area contributed by atoms with E-state index in [0.29, 0.717) is 16.3 Å². The van der Waals surface area contributed by atoms with Crippen molar-refractivity contribution in [1.29, 1.82) is 0 Å². The van der Waals surface area contributed by atoms with Crippen LogP contribution in [0.15, 0.2) is 95.9 Å². The summed E-state index contributed by atoms with van der Waals surface area (Å²) in [5.41, 5.74) is 2.43. The summed E-state index contributed by atoms with van der Waals surface area (Å²) in [6.45, 7) is 1.16. The minimum absolute atomic E-state index is 0.0119. The standard InChI is InChI=1S/C38H41Cl2N3O6S/c1-26-13-17-31(18-14-26)50(46,47)43(34-23-30(48-2)16-20-36(34)49-3)25-37(44)42(24-28-15-19-32(39)33(40)21-28)35(22-27-9-5-4-6-10-27)38(45)41-29-11-7-8-12-29/h4-6,9-10,13-21,23,29,35H,7-8,11-12,22,24-25H2,1-3H3,(H,41,45)/t35-/m1/s1. The number of benzene rings is 4. The van der Waals surface area contributed by atoms with Crippen LogP contribution in [0.2, 0.25) is 10.0 Å². The molecule has 0 aliphatic heterocycles. The number of hydrogen-bond acceptors (Lipinski definition) is 6. The molecule has 0 aromatic heterocycles. The van der Waals surface area contributed by atoms with Crippen LogP contribution in [0.4, 0.5) is 5.69 Å². The van der Waals surface area contributed by atoms with Gasteiger partial charge in [0.1, 0.15) is 24.1 Å². The van der Waals surface area contributed by atoms with Crippen LogP contribution in [-0.2, 0) is 32.6 Å². The lowest BCUT2D eigenvalue weighted by atomic mass is 10.0. The van der Waals surface area contributed by atoms with Crippen LogP contribution < -0.4 is 19.1 Å². The summed E-state index contributed by atoms with van der Waals surface area (Å²) in [4.78, 5) is 30.5. The average Bonchev–Trinajstić information content (AvgIpc) is 3.63. The van der Waals surface area contributed by atoms with Gasteiger partial charge >= 0.3 is 0 Å². The largest absolute Gasteiger partial charge is 0.497 e. The third-order valence-electron chi connectivity index (χ3n) is 8.85. The fourth-order valence-electron chi connectivity index (χ4n) is 6.10. The molecule has 50 heavy (non-hydrogen) atoms. The molecule has 1 aliphatic carbocycles. The predicted molar refractivity (Wildman–Crippen MR) is 197 cm³/mol. The number of amides is 2. The minimum Gasteiger partial charge on any atom is -0.497 e. The molecule has 12 heteroatoms. The van der Waals surface area contributed by atoms with E-state index in [4.69, 9.17) is 32.7 Å². The fraction of sp³-hybridized carbons (Fsp3) is 0.316. The molecule has 1 aliphatic rings. The number of sulfonamides is 1. The number of nitrogens with zero attached hydrogens (tertiary/aromatic N) is 2. The Balaban J connectivity index is 1.63. The molecule has 4 aromatic rings. The lowest BCUT2D eigenvalue weighted by Gasteiger charge is -2.34. The quantitative estimate of drug-likeness (QED) is 0.147. The van der Waals surface area contributed by atoms with Gasteiger partial charge in [-0.1, -0.05) is 90.1 Å². The zero-order chi connectivity index (χ0) is 35.8. The number of carbonyl (C=O) groups is 2. The van der Waals surface area contributed by atoms with Gasteiger partial charge < -0.3 is 19.7 Å².